The maximum atomic E-state index is 14.2. The van der Waals surface area contributed by atoms with Crippen molar-refractivity contribution >= 4 is 11.6 Å². The Labute approximate surface area is 157 Å². The summed E-state index contributed by atoms with van der Waals surface area (Å²) in [6.07, 6.45) is -0.0870. The summed E-state index contributed by atoms with van der Waals surface area (Å²) in [5.41, 5.74) is 7.14. The summed E-state index contributed by atoms with van der Waals surface area (Å²) in [6.45, 7) is 0.120. The number of hydrogen-bond acceptors (Lipinski definition) is 3. The van der Waals surface area contributed by atoms with Gasteiger partial charge in [0.2, 0.25) is 0 Å². The van der Waals surface area contributed by atoms with Crippen molar-refractivity contribution in [3.05, 3.63) is 72.6 Å². The molecule has 0 atom stereocenters. The Morgan fingerprint density at radius 3 is 2.54 bits per heavy atom. The second-order valence-corrected chi connectivity index (χ2v) is 5.65. The molecule has 10 heteroatoms. The zero-order valence-corrected chi connectivity index (χ0v) is 14.3. The van der Waals surface area contributed by atoms with Gasteiger partial charge in [0, 0.05) is 18.1 Å². The van der Waals surface area contributed by atoms with E-state index in [2.05, 4.69) is 20.0 Å². The third-order valence-corrected chi connectivity index (χ3v) is 3.59. The Bertz CT molecular complexity index is 953. The van der Waals surface area contributed by atoms with Crippen LogP contribution in [0.2, 0.25) is 0 Å². The van der Waals surface area contributed by atoms with Crippen LogP contribution in [-0.4, -0.2) is 21.9 Å². The molecule has 0 aliphatic heterocycles. The Kier molecular flexibility index (Phi) is 5.48. The van der Waals surface area contributed by atoms with Crippen molar-refractivity contribution in [2.24, 2.45) is 10.7 Å². The fourth-order valence-electron chi connectivity index (χ4n) is 2.36. The molecular formula is C18H15F4N5O. The van der Waals surface area contributed by atoms with E-state index in [4.69, 9.17) is 5.73 Å². The largest absolute Gasteiger partial charge is 0.573 e. The number of benzene rings is 2. The van der Waals surface area contributed by atoms with Crippen LogP contribution in [-0.2, 0) is 6.54 Å². The van der Waals surface area contributed by atoms with E-state index in [1.807, 2.05) is 0 Å². The molecule has 2 aromatic carbocycles. The number of rotatable bonds is 5. The van der Waals surface area contributed by atoms with Crippen LogP contribution < -0.4 is 15.8 Å². The van der Waals surface area contributed by atoms with Gasteiger partial charge >= 0.3 is 6.36 Å². The number of nitrogens with two attached hydrogens (primary N) is 1. The normalized spacial score (nSPS) is 12.1. The van der Waals surface area contributed by atoms with E-state index in [0.29, 0.717) is 16.9 Å². The van der Waals surface area contributed by atoms with Gasteiger partial charge in [-0.05, 0) is 42.0 Å². The summed E-state index contributed by atoms with van der Waals surface area (Å²) in [6, 6.07) is 9.67. The number of anilines is 1. The Morgan fingerprint density at radius 2 is 1.93 bits per heavy atom. The highest BCUT2D eigenvalue weighted by Gasteiger charge is 2.30. The Morgan fingerprint density at radius 1 is 1.18 bits per heavy atom. The van der Waals surface area contributed by atoms with Gasteiger partial charge in [-0.3, -0.25) is 0 Å². The van der Waals surface area contributed by atoms with Crippen molar-refractivity contribution in [3.63, 3.8) is 0 Å². The number of nitrogens with zero attached hydrogens (tertiary/aromatic N) is 3. The minimum atomic E-state index is -4.75. The van der Waals surface area contributed by atoms with E-state index in [-0.39, 0.29) is 18.3 Å². The monoisotopic (exact) mass is 393 g/mol. The van der Waals surface area contributed by atoms with E-state index >= 15 is 0 Å². The minimum Gasteiger partial charge on any atom is -0.406 e. The van der Waals surface area contributed by atoms with Gasteiger partial charge in [-0.1, -0.05) is 6.07 Å². The molecule has 1 aromatic heterocycles. The third kappa shape index (κ3) is 5.22. The molecule has 0 amide bonds. The number of imidazole rings is 1. The van der Waals surface area contributed by atoms with E-state index in [0.717, 1.165) is 12.1 Å². The van der Waals surface area contributed by atoms with Crippen molar-refractivity contribution < 1.29 is 22.3 Å². The summed E-state index contributed by atoms with van der Waals surface area (Å²) < 4.78 is 56.0. The van der Waals surface area contributed by atoms with Crippen LogP contribution >= 0.6 is 0 Å². The first-order chi connectivity index (χ1) is 13.3. The molecular weight excluding hydrogens is 378 g/mol. The van der Waals surface area contributed by atoms with Gasteiger partial charge in [0.25, 0.3) is 0 Å². The highest BCUT2D eigenvalue weighted by molar-refractivity contribution is 5.92. The van der Waals surface area contributed by atoms with Crippen molar-refractivity contribution in [1.29, 1.82) is 0 Å². The molecule has 0 bridgehead atoms. The van der Waals surface area contributed by atoms with Crippen molar-refractivity contribution in [3.8, 4) is 11.4 Å². The van der Waals surface area contributed by atoms with E-state index in [1.165, 1.54) is 24.5 Å². The molecule has 0 unspecified atom stereocenters. The molecule has 3 aromatic rings. The summed E-state index contributed by atoms with van der Waals surface area (Å²) in [5.74, 6) is -0.747. The number of aliphatic imine (C=N–C) groups is 1. The lowest BCUT2D eigenvalue weighted by molar-refractivity contribution is -0.274. The van der Waals surface area contributed by atoms with Gasteiger partial charge in [-0.2, -0.15) is 0 Å². The first kappa shape index (κ1) is 19.2. The number of aromatic nitrogens is 2. The molecule has 0 aliphatic carbocycles. The number of guanidine groups is 1. The number of alkyl halides is 3. The first-order valence-electron chi connectivity index (χ1n) is 8.00. The minimum absolute atomic E-state index is 0.0311. The van der Waals surface area contributed by atoms with Gasteiger partial charge in [-0.15, -0.1) is 13.2 Å². The van der Waals surface area contributed by atoms with Crippen molar-refractivity contribution in [1.82, 2.24) is 9.55 Å². The standard InChI is InChI=1S/C18H15F4N5O/c19-15-9-12(1-6-16(15)27-8-7-24-11-27)10-25-17(23)26-13-2-4-14(5-3-13)28-18(20,21)22/h1-9,11H,10H2,(H3,23,25,26). The molecule has 0 saturated carbocycles. The molecule has 6 nitrogen and oxygen atoms in total. The fourth-order valence-corrected chi connectivity index (χ4v) is 2.36. The average molecular weight is 393 g/mol. The quantitative estimate of drug-likeness (QED) is 0.392. The van der Waals surface area contributed by atoms with Crippen LogP contribution in [0.1, 0.15) is 5.56 Å². The van der Waals surface area contributed by atoms with E-state index < -0.39 is 12.2 Å². The molecule has 3 N–H and O–H groups in total. The van der Waals surface area contributed by atoms with Crippen LogP contribution in [0.25, 0.3) is 5.69 Å². The predicted molar refractivity (Wildman–Crippen MR) is 95.6 cm³/mol. The molecule has 146 valence electrons. The lowest BCUT2D eigenvalue weighted by Crippen LogP contribution is -2.22. The van der Waals surface area contributed by atoms with Gasteiger partial charge in [-0.25, -0.2) is 14.4 Å². The second-order valence-electron chi connectivity index (χ2n) is 5.65. The van der Waals surface area contributed by atoms with Crippen LogP contribution in [0.5, 0.6) is 5.75 Å². The number of ether oxygens (including phenoxy) is 1. The highest BCUT2D eigenvalue weighted by atomic mass is 19.4. The maximum Gasteiger partial charge on any atom is 0.573 e. The highest BCUT2D eigenvalue weighted by Crippen LogP contribution is 2.24. The molecule has 0 radical (unpaired) electrons. The molecule has 0 spiro atoms. The third-order valence-electron chi connectivity index (χ3n) is 3.59. The zero-order chi connectivity index (χ0) is 20.1. The van der Waals surface area contributed by atoms with Crippen LogP contribution in [0.4, 0.5) is 23.2 Å². The van der Waals surface area contributed by atoms with Gasteiger partial charge in [0.15, 0.2) is 5.96 Å². The number of nitrogens with one attached hydrogen (secondary N) is 1. The Hall–Kier alpha value is -3.56. The van der Waals surface area contributed by atoms with Crippen LogP contribution in [0.15, 0.2) is 66.2 Å². The Balaban J connectivity index is 1.61. The van der Waals surface area contributed by atoms with Crippen LogP contribution in [0, 0.1) is 5.82 Å². The fraction of sp³-hybridized carbons (Fsp3) is 0.111. The molecule has 0 fully saturated rings. The lowest BCUT2D eigenvalue weighted by atomic mass is 10.2. The molecule has 0 aliphatic rings. The molecule has 0 saturated heterocycles. The summed E-state index contributed by atoms with van der Waals surface area (Å²) in [7, 11) is 0. The summed E-state index contributed by atoms with van der Waals surface area (Å²) in [4.78, 5) is 7.96. The first-order valence-corrected chi connectivity index (χ1v) is 8.00. The topological polar surface area (TPSA) is 77.5 Å². The van der Waals surface area contributed by atoms with Crippen LogP contribution in [0.3, 0.4) is 0 Å². The van der Waals surface area contributed by atoms with Gasteiger partial charge in [0.1, 0.15) is 11.6 Å². The molecule has 28 heavy (non-hydrogen) atoms. The summed E-state index contributed by atoms with van der Waals surface area (Å²) >= 11 is 0. The zero-order valence-electron chi connectivity index (χ0n) is 14.3. The van der Waals surface area contributed by atoms with Gasteiger partial charge in [0.05, 0.1) is 18.6 Å². The predicted octanol–water partition coefficient (Wildman–Crippen LogP) is 3.84. The maximum absolute atomic E-state index is 14.2. The smallest absolute Gasteiger partial charge is 0.406 e. The number of hydrogen-bond donors (Lipinski definition) is 2. The van der Waals surface area contributed by atoms with Crippen molar-refractivity contribution in [2.45, 2.75) is 12.9 Å². The molecule has 3 rings (SSSR count). The van der Waals surface area contributed by atoms with Gasteiger partial charge < -0.3 is 20.4 Å². The van der Waals surface area contributed by atoms with E-state index in [1.54, 1.807) is 29.1 Å². The lowest BCUT2D eigenvalue weighted by Gasteiger charge is -2.10. The van der Waals surface area contributed by atoms with E-state index in [9.17, 15) is 17.6 Å². The molecule has 1 heterocycles. The average Bonchev–Trinajstić information content (AvgIpc) is 3.15. The number of halogens is 4. The second kappa shape index (κ2) is 7.99. The summed E-state index contributed by atoms with van der Waals surface area (Å²) in [5, 5.41) is 2.74. The van der Waals surface area contributed by atoms with Crippen molar-refractivity contribution in [2.75, 3.05) is 5.32 Å². The SMILES string of the molecule is NC(=NCc1ccc(-n2ccnc2)c(F)c1)Nc1ccc(OC(F)(F)F)cc1.